The number of rotatable bonds is 1. The van der Waals surface area contributed by atoms with Crippen molar-refractivity contribution in [3.8, 4) is 17.2 Å². The number of hydrogen-bond acceptors (Lipinski definition) is 8. The Labute approximate surface area is 174 Å². The molecule has 2 heterocycles. The number of phenols is 1. The lowest BCUT2D eigenvalue weighted by atomic mass is 9.76. The Morgan fingerprint density at radius 1 is 1.10 bits per heavy atom. The third-order valence-corrected chi connectivity index (χ3v) is 6.67. The lowest BCUT2D eigenvalue weighted by Crippen LogP contribution is -2.69. The van der Waals surface area contributed by atoms with E-state index in [0.717, 1.165) is 0 Å². The summed E-state index contributed by atoms with van der Waals surface area (Å²) >= 11 is 6.26. The summed E-state index contributed by atoms with van der Waals surface area (Å²) in [6, 6.07) is 7.68. The highest BCUT2D eigenvalue weighted by atomic mass is 35.5. The number of phenolic OH excluding ortho intramolecular Hbond substituents is 1. The molecule has 4 aliphatic rings. The number of hydrogen-bond donors (Lipinski definition) is 2. The van der Waals surface area contributed by atoms with Gasteiger partial charge in [-0.15, -0.1) is 11.6 Å². The van der Waals surface area contributed by atoms with Crippen LogP contribution in [0, 0.1) is 0 Å². The molecule has 0 aromatic heterocycles. The van der Waals surface area contributed by atoms with E-state index in [1.165, 1.54) is 19.2 Å². The number of alkyl halides is 1. The van der Waals surface area contributed by atoms with Crippen molar-refractivity contribution < 1.29 is 38.7 Å². The maximum atomic E-state index is 12.8. The zero-order chi connectivity index (χ0) is 21.0. The van der Waals surface area contributed by atoms with Gasteiger partial charge in [0.2, 0.25) is 0 Å². The number of aliphatic hydroxyl groups excluding tert-OH is 1. The molecule has 0 saturated heterocycles. The minimum absolute atomic E-state index is 0.0252. The van der Waals surface area contributed by atoms with E-state index in [0.29, 0.717) is 11.1 Å². The molecule has 2 bridgehead atoms. The number of ketones is 2. The Kier molecular flexibility index (Phi) is 3.34. The van der Waals surface area contributed by atoms with Crippen LogP contribution in [0.2, 0.25) is 0 Å². The molecule has 2 N–H and O–H groups in total. The first-order chi connectivity index (χ1) is 14.3. The fourth-order valence-corrected chi connectivity index (χ4v) is 5.22. The van der Waals surface area contributed by atoms with Crippen molar-refractivity contribution in [1.82, 2.24) is 0 Å². The van der Waals surface area contributed by atoms with Gasteiger partial charge in [-0.1, -0.05) is 12.1 Å². The summed E-state index contributed by atoms with van der Waals surface area (Å²) < 4.78 is 24.4. The number of aliphatic hydroxyl groups is 1. The summed E-state index contributed by atoms with van der Waals surface area (Å²) in [6.45, 7) is 0. The molecule has 2 aromatic carbocycles. The average molecular weight is 431 g/mol. The normalized spacial score (nSPS) is 35.1. The largest absolute Gasteiger partial charge is 0.507 e. The van der Waals surface area contributed by atoms with Crippen LogP contribution in [-0.4, -0.2) is 46.5 Å². The van der Waals surface area contributed by atoms with Gasteiger partial charge < -0.3 is 24.4 Å². The van der Waals surface area contributed by atoms with Crippen LogP contribution in [0.15, 0.2) is 30.3 Å². The van der Waals surface area contributed by atoms with Gasteiger partial charge in [-0.3, -0.25) is 14.3 Å². The minimum Gasteiger partial charge on any atom is -0.507 e. The monoisotopic (exact) mass is 430 g/mol. The molecule has 6 rings (SSSR count). The topological polar surface area (TPSA) is 112 Å². The second-order valence-corrected chi connectivity index (χ2v) is 8.19. The van der Waals surface area contributed by atoms with Crippen molar-refractivity contribution in [2.75, 3.05) is 7.11 Å². The second-order valence-electron chi connectivity index (χ2n) is 7.72. The summed E-state index contributed by atoms with van der Waals surface area (Å²) in [5.74, 6) is -4.31. The van der Waals surface area contributed by atoms with Crippen LogP contribution in [0.1, 0.15) is 38.3 Å². The second kappa shape index (κ2) is 5.53. The predicted molar refractivity (Wildman–Crippen MR) is 100.0 cm³/mol. The molecule has 2 aromatic rings. The van der Waals surface area contributed by atoms with Crippen LogP contribution >= 0.6 is 11.6 Å². The van der Waals surface area contributed by atoms with Crippen molar-refractivity contribution >= 4 is 23.2 Å². The molecule has 5 atom stereocenters. The molecular formula is C21H15ClO8. The van der Waals surface area contributed by atoms with Crippen molar-refractivity contribution in [1.29, 1.82) is 0 Å². The molecule has 2 aliphatic carbocycles. The summed E-state index contributed by atoms with van der Waals surface area (Å²) in [6.07, 6.45) is -2.50. The van der Waals surface area contributed by atoms with Gasteiger partial charge in [0.1, 0.15) is 34.8 Å². The number of aromatic hydroxyl groups is 1. The van der Waals surface area contributed by atoms with Gasteiger partial charge in [-0.2, -0.15) is 0 Å². The molecule has 0 saturated carbocycles. The van der Waals surface area contributed by atoms with Crippen molar-refractivity contribution in [2.24, 2.45) is 0 Å². The Bertz CT molecular complexity index is 1160. The maximum absolute atomic E-state index is 12.8. The van der Waals surface area contributed by atoms with Gasteiger partial charge in [-0.25, -0.2) is 0 Å². The van der Waals surface area contributed by atoms with Gasteiger partial charge in [0, 0.05) is 19.1 Å². The smallest absolute Gasteiger partial charge is 0.273 e. The SMILES string of the molecule is COC1CC(=O)c2cccc3c2C12Oc1ccc(O)c4c1C(O3)(O2)C(O)C(Cl)C4=O. The lowest BCUT2D eigenvalue weighted by Gasteiger charge is -2.58. The number of ether oxygens (including phenoxy) is 4. The van der Waals surface area contributed by atoms with Gasteiger partial charge in [0.25, 0.3) is 11.6 Å². The Balaban J connectivity index is 1.74. The van der Waals surface area contributed by atoms with E-state index < -0.39 is 34.9 Å². The summed E-state index contributed by atoms with van der Waals surface area (Å²) in [5.41, 5.74) is 0.648. The zero-order valence-corrected chi connectivity index (χ0v) is 16.3. The first kappa shape index (κ1) is 18.1. The third-order valence-electron chi connectivity index (χ3n) is 6.24. The molecule has 30 heavy (non-hydrogen) atoms. The van der Waals surface area contributed by atoms with Crippen LogP contribution in [0.5, 0.6) is 17.2 Å². The molecule has 2 aliphatic heterocycles. The van der Waals surface area contributed by atoms with Crippen molar-refractivity contribution in [3.63, 3.8) is 0 Å². The van der Waals surface area contributed by atoms with Crippen LogP contribution in [0.3, 0.4) is 0 Å². The molecule has 9 heteroatoms. The highest BCUT2D eigenvalue weighted by Crippen LogP contribution is 2.62. The molecule has 0 radical (unpaired) electrons. The van der Waals surface area contributed by atoms with Gasteiger partial charge >= 0.3 is 0 Å². The van der Waals surface area contributed by atoms with Crippen molar-refractivity contribution in [2.45, 2.75) is 35.6 Å². The summed E-state index contributed by atoms with van der Waals surface area (Å²) in [4.78, 5) is 25.5. The van der Waals surface area contributed by atoms with E-state index in [2.05, 4.69) is 0 Å². The fourth-order valence-electron chi connectivity index (χ4n) is 4.94. The van der Waals surface area contributed by atoms with Gasteiger partial charge in [0.05, 0.1) is 16.7 Å². The molecule has 2 spiro atoms. The average Bonchev–Trinajstić information content (AvgIpc) is 2.74. The number of carbonyl (C=O) groups excluding carboxylic acids is 2. The van der Waals surface area contributed by atoms with Crippen LogP contribution in [0.4, 0.5) is 0 Å². The first-order valence-electron chi connectivity index (χ1n) is 9.34. The number of Topliss-reactive ketones (excluding diaryl/α,β-unsaturated/α-hetero) is 2. The predicted octanol–water partition coefficient (Wildman–Crippen LogP) is 1.97. The van der Waals surface area contributed by atoms with Gasteiger partial charge in [-0.05, 0) is 18.2 Å². The summed E-state index contributed by atoms with van der Waals surface area (Å²) in [7, 11) is 1.43. The fraction of sp³-hybridized carbons (Fsp3) is 0.333. The van der Waals surface area contributed by atoms with E-state index in [9.17, 15) is 19.8 Å². The van der Waals surface area contributed by atoms with Crippen LogP contribution in [-0.2, 0) is 21.0 Å². The highest BCUT2D eigenvalue weighted by molar-refractivity contribution is 6.35. The summed E-state index contributed by atoms with van der Waals surface area (Å²) in [5, 5.41) is 20.0. The Morgan fingerprint density at radius 3 is 2.60 bits per heavy atom. The van der Waals surface area contributed by atoms with Crippen molar-refractivity contribution in [3.05, 3.63) is 52.6 Å². The standard InChI is InChI=1S/C21H15ClO8/c1-27-13-7-10(24)8-3-2-4-11-15(8)20(13)28-12-6-5-9(23)14-16(12)21(29-11,30-20)19(26)17(22)18(14)25/h2-6,13,17,19,23,26H,7H2,1H3. The van der Waals surface area contributed by atoms with Crippen LogP contribution in [0.25, 0.3) is 0 Å². The molecule has 8 nitrogen and oxygen atoms in total. The van der Waals surface area contributed by atoms with E-state index in [4.69, 9.17) is 30.5 Å². The Hall–Kier alpha value is -2.65. The maximum Gasteiger partial charge on any atom is 0.273 e. The molecule has 0 amide bonds. The van der Waals surface area contributed by atoms with Gasteiger partial charge in [0.15, 0.2) is 11.6 Å². The van der Waals surface area contributed by atoms with Crippen LogP contribution < -0.4 is 9.47 Å². The molecule has 0 fully saturated rings. The number of benzene rings is 2. The van der Waals surface area contributed by atoms with E-state index >= 15 is 0 Å². The third kappa shape index (κ3) is 1.84. The lowest BCUT2D eigenvalue weighted by molar-refractivity contribution is -0.405. The van der Waals surface area contributed by atoms with E-state index in [-0.39, 0.29) is 40.6 Å². The highest BCUT2D eigenvalue weighted by Gasteiger charge is 2.70. The molecular weight excluding hydrogens is 416 g/mol. The molecule has 154 valence electrons. The van der Waals surface area contributed by atoms with E-state index in [1.54, 1.807) is 18.2 Å². The quantitative estimate of drug-likeness (QED) is 0.660. The first-order valence-corrected chi connectivity index (χ1v) is 9.78. The van der Waals surface area contributed by atoms with E-state index in [1.807, 2.05) is 0 Å². The Morgan fingerprint density at radius 2 is 1.83 bits per heavy atom. The number of methoxy groups -OCH3 is 1. The number of halogens is 1. The number of carbonyl (C=O) groups is 2. The zero-order valence-electron chi connectivity index (χ0n) is 15.5. The minimum atomic E-state index is -1.94. The molecule has 5 unspecified atom stereocenters.